The van der Waals surface area contributed by atoms with Crippen LogP contribution in [-0.4, -0.2) is 205 Å². The molecule has 1 saturated carbocycles. The minimum Gasteiger partial charge on any atom is -0.463 e. The summed E-state index contributed by atoms with van der Waals surface area (Å²) in [5, 5.41) is 102. The highest BCUT2D eigenvalue weighted by Gasteiger charge is 2.60. The van der Waals surface area contributed by atoms with Gasteiger partial charge >= 0.3 is 31.7 Å². The van der Waals surface area contributed by atoms with E-state index in [-0.39, 0.29) is 32.1 Å². The fourth-order valence-electron chi connectivity index (χ4n) is 15.8. The first-order valence-electron chi connectivity index (χ1n) is 48.0. The van der Waals surface area contributed by atoms with Gasteiger partial charge in [-0.1, -0.05) is 329 Å². The van der Waals surface area contributed by atoms with E-state index in [0.717, 1.165) is 141 Å². The van der Waals surface area contributed by atoms with E-state index in [9.17, 15) is 74.6 Å². The van der Waals surface area contributed by atoms with Crippen molar-refractivity contribution in [3.8, 4) is 0 Å². The standard InChI is InChI=1S/C93H171O25P/c1-6-10-14-18-22-25-28-31-33-35-38-39-42-45-52-58-64-76(95)109-69-73(112-78(97)66-60-55-49-48-51-57-63-72(5)62-56-50-21-17-13-9-4)70-111-119(107,108)118-91-89(116-92-86(105)82(101)80(99)74(68-94)113-92)85(104)84(103)88(115-79(98)67-61-54-47-44-41-36-30-27-24-20-16-12-8-3)90(91)117-93-87(106)83(102)81(100)75(114-93)71-110-77(96)65-59-53-46-43-40-37-34-32-29-26-23-19-15-11-7-2/h26,29,36,41,72-75,80-94,99-106H,6-25,27-28,30-35,37-40,42-71H2,1-5H3,(H,107,108)/b29-26-,41-36-. The second-order valence-corrected chi connectivity index (χ2v) is 35.9. The van der Waals surface area contributed by atoms with E-state index in [1.165, 1.54) is 167 Å². The zero-order chi connectivity index (χ0) is 86.9. The summed E-state index contributed by atoms with van der Waals surface area (Å²) in [6.07, 6.45) is 30.3. The molecule has 3 rings (SSSR count). The Hall–Kier alpha value is -3.05. The van der Waals surface area contributed by atoms with Gasteiger partial charge in [-0.05, 0) is 83.0 Å². The Balaban J connectivity index is 1.92. The van der Waals surface area contributed by atoms with Crippen LogP contribution in [0.2, 0.25) is 0 Å². The predicted molar refractivity (Wildman–Crippen MR) is 462 cm³/mol. The maximum Gasteiger partial charge on any atom is 0.472 e. The third-order valence-corrected chi connectivity index (χ3v) is 24.6. The molecule has 0 aromatic rings. The van der Waals surface area contributed by atoms with Gasteiger partial charge < -0.3 is 88.7 Å². The minimum atomic E-state index is -5.81. The molecule has 0 amide bonds. The first kappa shape index (κ1) is 110. The highest BCUT2D eigenvalue weighted by atomic mass is 31.2. The molecule has 19 unspecified atom stereocenters. The van der Waals surface area contributed by atoms with E-state index in [2.05, 4.69) is 58.9 Å². The van der Waals surface area contributed by atoms with E-state index in [1.54, 1.807) is 0 Å². The summed E-state index contributed by atoms with van der Waals surface area (Å²) in [7, 11) is -5.81. The lowest BCUT2D eigenvalue weighted by atomic mass is 9.84. The maximum atomic E-state index is 14.9. The number of aliphatic hydroxyl groups excluding tert-OH is 9. The highest BCUT2D eigenvalue weighted by molar-refractivity contribution is 7.47. The van der Waals surface area contributed by atoms with Gasteiger partial charge in [-0.15, -0.1) is 0 Å². The van der Waals surface area contributed by atoms with Crippen LogP contribution in [0.1, 0.15) is 407 Å². The van der Waals surface area contributed by atoms with Crippen molar-refractivity contribution in [3.05, 3.63) is 24.3 Å². The Morgan fingerprint density at radius 2 is 0.681 bits per heavy atom. The SMILES string of the molecule is CCCCCC/C=C\CCCCCCCCCC(=O)OCC1OC(OC2C(OC(=O)CCCCC/C=C\CCCCCCCC)C(O)C(O)C(OC3OC(CO)C(O)C(O)C3O)C2OP(=O)(O)OCC(COC(=O)CCCCCCCCCCCCCCCCCC)OC(=O)CCCCCCCCC(C)CCCCCCCC)C(O)C(O)C1O. The second-order valence-electron chi connectivity index (χ2n) is 34.5. The van der Waals surface area contributed by atoms with Crippen molar-refractivity contribution in [2.75, 3.05) is 26.4 Å². The summed E-state index contributed by atoms with van der Waals surface area (Å²) in [6, 6.07) is 0. The maximum absolute atomic E-state index is 14.9. The molecule has 119 heavy (non-hydrogen) atoms. The number of unbranched alkanes of at least 4 members (excludes halogenated alkanes) is 45. The van der Waals surface area contributed by atoms with Gasteiger partial charge in [0.15, 0.2) is 24.8 Å². The van der Waals surface area contributed by atoms with Crippen LogP contribution < -0.4 is 0 Å². The summed E-state index contributed by atoms with van der Waals surface area (Å²) in [6.45, 7) is 7.91. The highest BCUT2D eigenvalue weighted by Crippen LogP contribution is 2.49. The van der Waals surface area contributed by atoms with Crippen LogP contribution in [0.15, 0.2) is 24.3 Å². The van der Waals surface area contributed by atoms with E-state index in [0.29, 0.717) is 38.0 Å². The van der Waals surface area contributed by atoms with Crippen LogP contribution in [0.4, 0.5) is 0 Å². The van der Waals surface area contributed by atoms with E-state index in [4.69, 9.17) is 46.9 Å². The molecule has 698 valence electrons. The number of ether oxygens (including phenoxy) is 8. The molecular weight excluding hydrogens is 1550 g/mol. The van der Waals surface area contributed by atoms with Crippen LogP contribution >= 0.6 is 7.82 Å². The molecule has 25 nitrogen and oxygen atoms in total. The van der Waals surface area contributed by atoms with Gasteiger partial charge in [0.25, 0.3) is 0 Å². The van der Waals surface area contributed by atoms with Crippen molar-refractivity contribution in [3.63, 3.8) is 0 Å². The number of esters is 4. The fourth-order valence-corrected chi connectivity index (χ4v) is 16.8. The van der Waals surface area contributed by atoms with Crippen LogP contribution in [0.25, 0.3) is 0 Å². The molecule has 2 saturated heterocycles. The van der Waals surface area contributed by atoms with Gasteiger partial charge in [-0.3, -0.25) is 28.2 Å². The number of aliphatic hydroxyl groups is 9. The van der Waals surface area contributed by atoms with Gasteiger partial charge in [0.05, 0.1) is 13.2 Å². The van der Waals surface area contributed by atoms with Crippen LogP contribution in [0.5, 0.6) is 0 Å². The smallest absolute Gasteiger partial charge is 0.463 e. The number of carbonyl (C=O) groups is 4. The summed E-state index contributed by atoms with van der Waals surface area (Å²) in [5.74, 6) is -2.31. The summed E-state index contributed by atoms with van der Waals surface area (Å²) in [4.78, 5) is 66.6. The molecule has 3 fully saturated rings. The Kier molecular flexibility index (Phi) is 65.7. The zero-order valence-corrected chi connectivity index (χ0v) is 75.5. The molecule has 0 aromatic carbocycles. The van der Waals surface area contributed by atoms with Gasteiger partial charge in [0.2, 0.25) is 0 Å². The van der Waals surface area contributed by atoms with Gasteiger partial charge in [0.1, 0.15) is 92.6 Å². The van der Waals surface area contributed by atoms with Gasteiger partial charge in [-0.2, -0.15) is 0 Å². The van der Waals surface area contributed by atoms with Crippen molar-refractivity contribution in [2.45, 2.75) is 511 Å². The average molecular weight is 1720 g/mol. The number of rotatable bonds is 77. The van der Waals surface area contributed by atoms with Crippen LogP contribution in [-0.2, 0) is 70.7 Å². The molecule has 0 radical (unpaired) electrons. The summed E-state index contributed by atoms with van der Waals surface area (Å²) >= 11 is 0. The minimum absolute atomic E-state index is 0.00780. The third-order valence-electron chi connectivity index (χ3n) is 23.6. The number of phosphoric ester groups is 1. The topological polar surface area (TPSA) is 380 Å². The molecule has 3 aliphatic rings. The molecule has 0 aromatic heterocycles. The average Bonchev–Trinajstić information content (AvgIpc) is 0.754. The van der Waals surface area contributed by atoms with Gasteiger partial charge in [-0.25, -0.2) is 4.57 Å². The number of hydrogen-bond donors (Lipinski definition) is 10. The predicted octanol–water partition coefficient (Wildman–Crippen LogP) is 18.0. The Morgan fingerprint density at radius 3 is 1.10 bits per heavy atom. The quantitative estimate of drug-likeness (QED) is 0.00889. The van der Waals surface area contributed by atoms with Crippen molar-refractivity contribution in [1.82, 2.24) is 0 Å². The molecule has 2 heterocycles. The normalized spacial score (nSPS) is 25.2. The second kappa shape index (κ2) is 71.0. The Bertz CT molecular complexity index is 2580. The lowest BCUT2D eigenvalue weighted by Gasteiger charge is -2.50. The lowest BCUT2D eigenvalue weighted by Crippen LogP contribution is -2.70. The first-order valence-corrected chi connectivity index (χ1v) is 49.5. The Labute approximate surface area is 717 Å². The molecule has 19 atom stereocenters. The fraction of sp³-hybridized carbons (Fsp3) is 0.914. The number of phosphoric acid groups is 1. The van der Waals surface area contributed by atoms with Crippen molar-refractivity contribution >= 4 is 31.7 Å². The van der Waals surface area contributed by atoms with Crippen molar-refractivity contribution < 1.29 is 122 Å². The molecule has 0 bridgehead atoms. The number of allylic oxidation sites excluding steroid dienone is 4. The molecule has 26 heteroatoms. The summed E-state index contributed by atoms with van der Waals surface area (Å²) < 4.78 is 73.5. The van der Waals surface area contributed by atoms with Crippen LogP contribution in [0, 0.1) is 5.92 Å². The third kappa shape index (κ3) is 51.4. The molecule has 0 spiro atoms. The molecule has 2 aliphatic heterocycles. The Morgan fingerprint density at radius 1 is 0.353 bits per heavy atom. The van der Waals surface area contributed by atoms with Crippen molar-refractivity contribution in [1.29, 1.82) is 0 Å². The number of carbonyl (C=O) groups excluding carboxylic acids is 4. The largest absolute Gasteiger partial charge is 0.472 e. The first-order chi connectivity index (χ1) is 57.6. The molecular formula is C93H171O25P. The van der Waals surface area contributed by atoms with E-state index >= 15 is 0 Å². The van der Waals surface area contributed by atoms with E-state index in [1.807, 2.05) is 0 Å². The monoisotopic (exact) mass is 1720 g/mol. The van der Waals surface area contributed by atoms with E-state index < -0.39 is 162 Å². The number of hydrogen-bond acceptors (Lipinski definition) is 24. The lowest BCUT2D eigenvalue weighted by molar-refractivity contribution is -0.360. The molecule has 10 N–H and O–H groups in total. The summed E-state index contributed by atoms with van der Waals surface area (Å²) in [5.41, 5.74) is 0. The van der Waals surface area contributed by atoms with Crippen molar-refractivity contribution in [2.24, 2.45) is 5.92 Å². The van der Waals surface area contributed by atoms with Crippen LogP contribution in [0.3, 0.4) is 0 Å². The van der Waals surface area contributed by atoms with Gasteiger partial charge in [0, 0.05) is 25.7 Å². The molecule has 1 aliphatic carbocycles. The zero-order valence-electron chi connectivity index (χ0n) is 74.6.